The highest BCUT2D eigenvalue weighted by atomic mass is 16.5. The molecule has 0 radical (unpaired) electrons. The van der Waals surface area contributed by atoms with Gasteiger partial charge in [0.15, 0.2) is 17.6 Å². The average molecular weight is 393 g/mol. The maximum absolute atomic E-state index is 12.6. The molecule has 1 amide bonds. The minimum Gasteiger partial charge on any atom is -0.448 e. The fourth-order valence-electron chi connectivity index (χ4n) is 2.78. The maximum atomic E-state index is 12.6. The first-order valence-electron chi connectivity index (χ1n) is 8.87. The summed E-state index contributed by atoms with van der Waals surface area (Å²) in [6.07, 6.45) is -1.12. The number of ether oxygens (including phenoxy) is 1. The number of Topliss-reactive ketones (excluding diaryl/α,β-unsaturated/α-hetero) is 1. The second-order valence-corrected chi connectivity index (χ2v) is 6.50. The number of rotatable bonds is 5. The van der Waals surface area contributed by atoms with E-state index >= 15 is 0 Å². The van der Waals surface area contributed by atoms with Crippen LogP contribution in [0.5, 0.6) is 0 Å². The van der Waals surface area contributed by atoms with E-state index in [1.54, 1.807) is 42.5 Å². The summed E-state index contributed by atoms with van der Waals surface area (Å²) in [5, 5.41) is 7.27. The van der Waals surface area contributed by atoms with Gasteiger partial charge < -0.3 is 10.1 Å². The van der Waals surface area contributed by atoms with Crippen molar-refractivity contribution in [3.05, 3.63) is 70.1 Å². The first-order chi connectivity index (χ1) is 13.8. The SMILES string of the molecule is CC(=O)c1cccc(NC(=O)C(C)OC(=O)c2nn(C)c(=O)c3ccccc23)c1. The Kier molecular flexibility index (Phi) is 5.54. The van der Waals surface area contributed by atoms with Crippen molar-refractivity contribution in [2.24, 2.45) is 7.05 Å². The number of ketones is 1. The molecule has 8 heteroatoms. The Morgan fingerprint density at radius 2 is 1.76 bits per heavy atom. The van der Waals surface area contributed by atoms with Gasteiger partial charge >= 0.3 is 5.97 Å². The molecule has 1 aromatic heterocycles. The number of hydrogen-bond donors (Lipinski definition) is 1. The molecule has 0 saturated heterocycles. The van der Waals surface area contributed by atoms with Crippen LogP contribution in [0.1, 0.15) is 34.7 Å². The Balaban J connectivity index is 1.79. The van der Waals surface area contributed by atoms with Gasteiger partial charge in [0.1, 0.15) is 0 Å². The molecule has 29 heavy (non-hydrogen) atoms. The van der Waals surface area contributed by atoms with Gasteiger partial charge in [-0.15, -0.1) is 0 Å². The first kappa shape index (κ1) is 19.9. The molecule has 1 atom stereocenters. The lowest BCUT2D eigenvalue weighted by molar-refractivity contribution is -0.123. The van der Waals surface area contributed by atoms with E-state index in [1.807, 2.05) is 0 Å². The zero-order valence-electron chi connectivity index (χ0n) is 16.1. The van der Waals surface area contributed by atoms with Gasteiger partial charge in [-0.25, -0.2) is 9.48 Å². The van der Waals surface area contributed by atoms with Crippen LogP contribution in [-0.2, 0) is 16.6 Å². The monoisotopic (exact) mass is 393 g/mol. The summed E-state index contributed by atoms with van der Waals surface area (Å²) in [4.78, 5) is 48.6. The number of anilines is 1. The third kappa shape index (κ3) is 4.21. The summed E-state index contributed by atoms with van der Waals surface area (Å²) in [5.74, 6) is -1.52. The van der Waals surface area contributed by atoms with Crippen LogP contribution in [0, 0.1) is 0 Å². The van der Waals surface area contributed by atoms with Gasteiger partial charge in [-0.1, -0.05) is 30.3 Å². The van der Waals surface area contributed by atoms with Crippen LogP contribution in [0.4, 0.5) is 5.69 Å². The fourth-order valence-corrected chi connectivity index (χ4v) is 2.78. The number of carbonyl (C=O) groups excluding carboxylic acids is 3. The van der Waals surface area contributed by atoms with Gasteiger partial charge in [0, 0.05) is 23.7 Å². The van der Waals surface area contributed by atoms with Gasteiger partial charge in [-0.3, -0.25) is 14.4 Å². The van der Waals surface area contributed by atoms with Crippen LogP contribution >= 0.6 is 0 Å². The Morgan fingerprint density at radius 1 is 1.07 bits per heavy atom. The second-order valence-electron chi connectivity index (χ2n) is 6.50. The number of hydrogen-bond acceptors (Lipinski definition) is 6. The van der Waals surface area contributed by atoms with Gasteiger partial charge in [-0.05, 0) is 32.0 Å². The van der Waals surface area contributed by atoms with Crippen molar-refractivity contribution in [1.82, 2.24) is 9.78 Å². The van der Waals surface area contributed by atoms with Gasteiger partial charge in [0.05, 0.1) is 5.39 Å². The third-order valence-electron chi connectivity index (χ3n) is 4.34. The van der Waals surface area contributed by atoms with Crippen LogP contribution in [0.3, 0.4) is 0 Å². The molecule has 8 nitrogen and oxygen atoms in total. The molecule has 0 spiro atoms. The highest BCUT2D eigenvalue weighted by molar-refractivity contribution is 6.04. The molecule has 0 bridgehead atoms. The quantitative estimate of drug-likeness (QED) is 0.527. The summed E-state index contributed by atoms with van der Waals surface area (Å²) in [5.41, 5.74) is 0.471. The number of esters is 1. The number of aromatic nitrogens is 2. The maximum Gasteiger partial charge on any atom is 0.360 e. The average Bonchev–Trinajstić information content (AvgIpc) is 2.70. The van der Waals surface area contributed by atoms with Crippen LogP contribution in [0.2, 0.25) is 0 Å². The predicted octanol–water partition coefficient (Wildman–Crippen LogP) is 2.32. The standard InChI is InChI=1S/C21H19N3O5/c1-12(25)14-7-6-8-15(11-14)22-19(26)13(2)29-21(28)18-16-9-4-5-10-17(16)20(27)24(3)23-18/h4-11,13H,1-3H3,(H,22,26). The number of carbonyl (C=O) groups is 3. The predicted molar refractivity (Wildman–Crippen MR) is 107 cm³/mol. The second kappa shape index (κ2) is 8.05. The number of aryl methyl sites for hydroxylation is 1. The number of fused-ring (bicyclic) bond motifs is 1. The van der Waals surface area contributed by atoms with Crippen LogP contribution in [-0.4, -0.2) is 33.5 Å². The van der Waals surface area contributed by atoms with E-state index in [0.717, 1.165) is 4.68 Å². The molecule has 1 unspecified atom stereocenters. The van der Waals surface area contributed by atoms with E-state index in [9.17, 15) is 19.2 Å². The van der Waals surface area contributed by atoms with E-state index in [4.69, 9.17) is 4.74 Å². The molecule has 2 aromatic carbocycles. The lowest BCUT2D eigenvalue weighted by Gasteiger charge is -2.14. The van der Waals surface area contributed by atoms with Crippen molar-refractivity contribution in [3.63, 3.8) is 0 Å². The molecule has 0 aliphatic carbocycles. The highest BCUT2D eigenvalue weighted by Crippen LogP contribution is 2.16. The van der Waals surface area contributed by atoms with Crippen molar-refractivity contribution in [2.45, 2.75) is 20.0 Å². The van der Waals surface area contributed by atoms with E-state index in [-0.39, 0.29) is 17.0 Å². The molecule has 0 fully saturated rings. The Hall–Kier alpha value is -3.81. The topological polar surface area (TPSA) is 107 Å². The van der Waals surface area contributed by atoms with Crippen molar-refractivity contribution in [3.8, 4) is 0 Å². The Bertz CT molecular complexity index is 1180. The fraction of sp³-hybridized carbons (Fsp3) is 0.190. The van der Waals surface area contributed by atoms with Crippen molar-refractivity contribution in [2.75, 3.05) is 5.32 Å². The minimum absolute atomic E-state index is 0.0547. The molecule has 0 aliphatic rings. The largest absolute Gasteiger partial charge is 0.448 e. The zero-order valence-corrected chi connectivity index (χ0v) is 16.1. The number of amides is 1. The van der Waals surface area contributed by atoms with Crippen LogP contribution < -0.4 is 10.9 Å². The van der Waals surface area contributed by atoms with Crippen molar-refractivity contribution in [1.29, 1.82) is 0 Å². The van der Waals surface area contributed by atoms with E-state index in [2.05, 4.69) is 10.4 Å². The minimum atomic E-state index is -1.12. The third-order valence-corrected chi connectivity index (χ3v) is 4.34. The molecule has 0 saturated carbocycles. The Morgan fingerprint density at radius 3 is 2.45 bits per heavy atom. The molecular weight excluding hydrogens is 374 g/mol. The smallest absolute Gasteiger partial charge is 0.360 e. The van der Waals surface area contributed by atoms with Crippen LogP contribution in [0.15, 0.2) is 53.3 Å². The summed E-state index contributed by atoms with van der Waals surface area (Å²) >= 11 is 0. The van der Waals surface area contributed by atoms with Crippen molar-refractivity contribution < 1.29 is 19.1 Å². The molecule has 3 rings (SSSR count). The number of nitrogens with zero attached hydrogens (tertiary/aromatic N) is 2. The normalized spacial score (nSPS) is 11.7. The van der Waals surface area contributed by atoms with Gasteiger partial charge in [0.2, 0.25) is 0 Å². The zero-order chi connectivity index (χ0) is 21.1. The molecule has 1 N–H and O–H groups in total. The number of benzene rings is 2. The summed E-state index contributed by atoms with van der Waals surface area (Å²) in [6.45, 7) is 2.85. The summed E-state index contributed by atoms with van der Waals surface area (Å²) < 4.78 is 6.31. The van der Waals surface area contributed by atoms with Gasteiger partial charge in [-0.2, -0.15) is 5.10 Å². The lowest BCUT2D eigenvalue weighted by atomic mass is 10.1. The molecule has 3 aromatic rings. The summed E-state index contributed by atoms with van der Waals surface area (Å²) in [6, 6.07) is 13.0. The first-order valence-corrected chi connectivity index (χ1v) is 8.87. The van der Waals surface area contributed by atoms with Crippen molar-refractivity contribution >= 4 is 34.1 Å². The van der Waals surface area contributed by atoms with Gasteiger partial charge in [0.25, 0.3) is 11.5 Å². The lowest BCUT2D eigenvalue weighted by Crippen LogP contribution is -2.31. The number of nitrogens with one attached hydrogen (secondary N) is 1. The molecule has 148 valence electrons. The van der Waals surface area contributed by atoms with E-state index in [0.29, 0.717) is 22.0 Å². The van der Waals surface area contributed by atoms with E-state index < -0.39 is 18.0 Å². The van der Waals surface area contributed by atoms with E-state index in [1.165, 1.54) is 27.0 Å². The Labute approximate surface area is 166 Å². The molecule has 0 aliphatic heterocycles. The van der Waals surface area contributed by atoms with Crippen LogP contribution in [0.25, 0.3) is 10.8 Å². The molecule has 1 heterocycles. The summed E-state index contributed by atoms with van der Waals surface area (Å²) in [7, 11) is 1.43. The molecular formula is C21H19N3O5. The highest BCUT2D eigenvalue weighted by Gasteiger charge is 2.23.